The third-order valence-corrected chi connectivity index (χ3v) is 2.26. The van der Waals surface area contributed by atoms with Gasteiger partial charge in [0.25, 0.3) is 0 Å². The first kappa shape index (κ1) is 12.5. The molecular formula is C12H6F5N. The SMILES string of the molecule is Fc1cc(-c2ncccc2F)cc(C(F)(F)F)c1. The number of alkyl halides is 3. The molecule has 0 unspecified atom stereocenters. The molecule has 0 spiro atoms. The third-order valence-electron chi connectivity index (χ3n) is 2.26. The van der Waals surface area contributed by atoms with Gasteiger partial charge in [0.1, 0.15) is 17.3 Å². The van der Waals surface area contributed by atoms with Gasteiger partial charge in [-0.15, -0.1) is 0 Å². The molecule has 0 fully saturated rings. The number of pyridine rings is 1. The lowest BCUT2D eigenvalue weighted by atomic mass is 10.1. The lowest BCUT2D eigenvalue weighted by Crippen LogP contribution is -2.06. The fraction of sp³-hybridized carbons (Fsp3) is 0.0833. The van der Waals surface area contributed by atoms with Crippen molar-refractivity contribution in [2.75, 3.05) is 0 Å². The van der Waals surface area contributed by atoms with Gasteiger partial charge in [-0.2, -0.15) is 13.2 Å². The van der Waals surface area contributed by atoms with E-state index in [0.717, 1.165) is 12.1 Å². The standard InChI is InChI=1S/C12H6F5N/c13-9-5-7(4-8(6-9)12(15,16)17)11-10(14)2-1-3-18-11/h1-6H. The summed E-state index contributed by atoms with van der Waals surface area (Å²) in [5.74, 6) is -1.90. The summed E-state index contributed by atoms with van der Waals surface area (Å²) in [7, 11) is 0. The van der Waals surface area contributed by atoms with E-state index < -0.39 is 23.4 Å². The summed E-state index contributed by atoms with van der Waals surface area (Å²) in [5, 5.41) is 0. The first-order chi connectivity index (χ1) is 8.38. The predicted molar refractivity (Wildman–Crippen MR) is 54.6 cm³/mol. The van der Waals surface area contributed by atoms with Crippen molar-refractivity contribution in [2.24, 2.45) is 0 Å². The Morgan fingerprint density at radius 3 is 2.33 bits per heavy atom. The Morgan fingerprint density at radius 2 is 1.72 bits per heavy atom. The molecule has 1 heterocycles. The smallest absolute Gasteiger partial charge is 0.253 e. The van der Waals surface area contributed by atoms with E-state index in [0.29, 0.717) is 12.1 Å². The van der Waals surface area contributed by atoms with Crippen LogP contribution in [0.2, 0.25) is 0 Å². The van der Waals surface area contributed by atoms with Gasteiger partial charge in [-0.3, -0.25) is 4.98 Å². The third kappa shape index (κ3) is 2.47. The van der Waals surface area contributed by atoms with Crippen LogP contribution >= 0.6 is 0 Å². The summed E-state index contributed by atoms with van der Waals surface area (Å²) in [5.41, 5.74) is -1.74. The zero-order valence-electron chi connectivity index (χ0n) is 8.80. The average Bonchev–Trinajstić information content (AvgIpc) is 2.27. The van der Waals surface area contributed by atoms with Gasteiger partial charge in [-0.1, -0.05) is 0 Å². The van der Waals surface area contributed by atoms with Gasteiger partial charge in [0.15, 0.2) is 0 Å². The van der Waals surface area contributed by atoms with Crippen molar-refractivity contribution in [1.29, 1.82) is 0 Å². The Labute approximate surface area is 98.9 Å². The molecule has 0 aliphatic heterocycles. The second-order valence-corrected chi connectivity index (χ2v) is 3.56. The van der Waals surface area contributed by atoms with Crippen molar-refractivity contribution in [3.63, 3.8) is 0 Å². The van der Waals surface area contributed by atoms with Crippen molar-refractivity contribution >= 4 is 0 Å². The van der Waals surface area contributed by atoms with E-state index in [-0.39, 0.29) is 11.3 Å². The molecule has 0 saturated carbocycles. The molecule has 0 aliphatic carbocycles. The Bertz CT molecular complexity index is 577. The minimum atomic E-state index is -4.69. The number of nitrogens with zero attached hydrogens (tertiary/aromatic N) is 1. The summed E-state index contributed by atoms with van der Waals surface area (Å²) in [4.78, 5) is 3.60. The minimum absolute atomic E-state index is 0.250. The second-order valence-electron chi connectivity index (χ2n) is 3.56. The largest absolute Gasteiger partial charge is 0.416 e. The molecule has 0 bridgehead atoms. The van der Waals surface area contributed by atoms with E-state index in [1.807, 2.05) is 0 Å². The number of benzene rings is 1. The molecule has 0 aliphatic rings. The molecular weight excluding hydrogens is 253 g/mol. The normalized spacial score (nSPS) is 11.6. The van der Waals surface area contributed by atoms with E-state index in [1.165, 1.54) is 12.3 Å². The quantitative estimate of drug-likeness (QED) is 0.704. The maximum Gasteiger partial charge on any atom is 0.416 e. The first-order valence-electron chi connectivity index (χ1n) is 4.86. The van der Waals surface area contributed by atoms with Crippen LogP contribution in [0.5, 0.6) is 0 Å². The molecule has 0 radical (unpaired) electrons. The Balaban J connectivity index is 2.60. The lowest BCUT2D eigenvalue weighted by molar-refractivity contribution is -0.137. The fourth-order valence-corrected chi connectivity index (χ4v) is 1.49. The van der Waals surface area contributed by atoms with E-state index in [2.05, 4.69) is 4.98 Å². The number of hydrogen-bond donors (Lipinski definition) is 0. The lowest BCUT2D eigenvalue weighted by Gasteiger charge is -2.09. The molecule has 2 aromatic rings. The molecule has 1 nitrogen and oxygen atoms in total. The maximum absolute atomic E-state index is 13.4. The van der Waals surface area contributed by atoms with Crippen LogP contribution in [0.4, 0.5) is 22.0 Å². The van der Waals surface area contributed by atoms with Gasteiger partial charge in [0, 0.05) is 11.8 Å². The van der Waals surface area contributed by atoms with Crippen LogP contribution in [0.3, 0.4) is 0 Å². The molecule has 0 saturated heterocycles. The average molecular weight is 259 g/mol. The zero-order chi connectivity index (χ0) is 13.3. The molecule has 2 rings (SSSR count). The Hall–Kier alpha value is -1.98. The summed E-state index contributed by atoms with van der Waals surface area (Å²) >= 11 is 0. The number of hydrogen-bond acceptors (Lipinski definition) is 1. The van der Waals surface area contributed by atoms with Crippen molar-refractivity contribution < 1.29 is 22.0 Å². The van der Waals surface area contributed by atoms with Crippen LogP contribution < -0.4 is 0 Å². The molecule has 1 aromatic heterocycles. The van der Waals surface area contributed by atoms with Crippen molar-refractivity contribution in [2.45, 2.75) is 6.18 Å². The van der Waals surface area contributed by atoms with Crippen LogP contribution in [0, 0.1) is 11.6 Å². The van der Waals surface area contributed by atoms with E-state index >= 15 is 0 Å². The monoisotopic (exact) mass is 259 g/mol. The maximum atomic E-state index is 13.4. The van der Waals surface area contributed by atoms with Crippen LogP contribution in [0.15, 0.2) is 36.5 Å². The zero-order valence-corrected chi connectivity index (χ0v) is 8.80. The highest BCUT2D eigenvalue weighted by atomic mass is 19.4. The van der Waals surface area contributed by atoms with Crippen molar-refractivity contribution in [1.82, 2.24) is 4.98 Å². The van der Waals surface area contributed by atoms with Crippen LogP contribution in [-0.2, 0) is 6.18 Å². The highest BCUT2D eigenvalue weighted by Crippen LogP contribution is 2.33. The molecule has 6 heteroatoms. The number of rotatable bonds is 1. The fourth-order valence-electron chi connectivity index (χ4n) is 1.49. The molecule has 0 N–H and O–H groups in total. The molecule has 94 valence electrons. The minimum Gasteiger partial charge on any atom is -0.253 e. The van der Waals surface area contributed by atoms with Gasteiger partial charge < -0.3 is 0 Å². The van der Waals surface area contributed by atoms with Crippen LogP contribution in [0.1, 0.15) is 5.56 Å². The van der Waals surface area contributed by atoms with Gasteiger partial charge in [0.2, 0.25) is 0 Å². The molecule has 18 heavy (non-hydrogen) atoms. The summed E-state index contributed by atoms with van der Waals surface area (Å²) in [6.07, 6.45) is -3.47. The van der Waals surface area contributed by atoms with Crippen molar-refractivity contribution in [3.8, 4) is 11.3 Å². The Morgan fingerprint density at radius 1 is 1.00 bits per heavy atom. The summed E-state index contributed by atoms with van der Waals surface area (Å²) in [6.45, 7) is 0. The molecule has 0 atom stereocenters. The van der Waals surface area contributed by atoms with E-state index in [1.54, 1.807) is 0 Å². The molecule has 0 amide bonds. The van der Waals surface area contributed by atoms with Crippen LogP contribution in [0.25, 0.3) is 11.3 Å². The number of aromatic nitrogens is 1. The Kier molecular flexibility index (Phi) is 3.02. The van der Waals surface area contributed by atoms with Gasteiger partial charge in [-0.25, -0.2) is 8.78 Å². The topological polar surface area (TPSA) is 12.9 Å². The summed E-state index contributed by atoms with van der Waals surface area (Å²) < 4.78 is 63.9. The van der Waals surface area contributed by atoms with Gasteiger partial charge in [0.05, 0.1) is 5.56 Å². The molecule has 1 aromatic carbocycles. The van der Waals surface area contributed by atoms with Crippen LogP contribution in [-0.4, -0.2) is 4.98 Å². The van der Waals surface area contributed by atoms with E-state index in [4.69, 9.17) is 0 Å². The van der Waals surface area contributed by atoms with E-state index in [9.17, 15) is 22.0 Å². The van der Waals surface area contributed by atoms with Gasteiger partial charge >= 0.3 is 6.18 Å². The summed E-state index contributed by atoms with van der Waals surface area (Å²) in [6, 6.07) is 4.16. The van der Waals surface area contributed by atoms with Crippen molar-refractivity contribution in [3.05, 3.63) is 53.7 Å². The number of halogens is 5. The first-order valence-corrected chi connectivity index (χ1v) is 4.86. The highest BCUT2D eigenvalue weighted by Gasteiger charge is 2.31. The predicted octanol–water partition coefficient (Wildman–Crippen LogP) is 4.05. The van der Waals surface area contributed by atoms with Gasteiger partial charge in [-0.05, 0) is 30.3 Å². The second kappa shape index (κ2) is 4.36. The highest BCUT2D eigenvalue weighted by molar-refractivity contribution is 5.61.